The van der Waals surface area contributed by atoms with Crippen LogP contribution < -0.4 is 10.1 Å². The van der Waals surface area contributed by atoms with E-state index < -0.39 is 0 Å². The normalized spacial score (nSPS) is 15.2. The van der Waals surface area contributed by atoms with Crippen LogP contribution in [0.25, 0.3) is 0 Å². The number of hydrogen-bond donors (Lipinski definition) is 1. The van der Waals surface area contributed by atoms with Crippen LogP contribution >= 0.6 is 12.2 Å². The lowest BCUT2D eigenvalue weighted by molar-refractivity contribution is 0.317. The average molecular weight is 292 g/mol. The molecular weight excluding hydrogens is 268 g/mol. The van der Waals surface area contributed by atoms with Crippen molar-refractivity contribution in [2.45, 2.75) is 26.2 Å². The third-order valence-electron chi connectivity index (χ3n) is 3.50. The Kier molecular flexibility index (Phi) is 6.27. The van der Waals surface area contributed by atoms with Gasteiger partial charge in [-0.2, -0.15) is 0 Å². The summed E-state index contributed by atoms with van der Waals surface area (Å²) in [7, 11) is 0. The van der Waals surface area contributed by atoms with E-state index in [0.29, 0.717) is 0 Å². The van der Waals surface area contributed by atoms with Gasteiger partial charge in [-0.1, -0.05) is 19.1 Å². The van der Waals surface area contributed by atoms with E-state index in [-0.39, 0.29) is 0 Å². The molecule has 0 saturated carbocycles. The van der Waals surface area contributed by atoms with E-state index in [9.17, 15) is 0 Å². The predicted molar refractivity (Wildman–Crippen MR) is 87.6 cm³/mol. The monoisotopic (exact) mass is 292 g/mol. The van der Waals surface area contributed by atoms with Gasteiger partial charge < -0.3 is 15.0 Å². The van der Waals surface area contributed by atoms with E-state index in [1.807, 2.05) is 24.3 Å². The van der Waals surface area contributed by atoms with Crippen LogP contribution in [0.3, 0.4) is 0 Å². The van der Waals surface area contributed by atoms with Crippen molar-refractivity contribution in [2.75, 3.05) is 32.8 Å². The van der Waals surface area contributed by atoms with Gasteiger partial charge in [0.1, 0.15) is 10.7 Å². The molecule has 1 aromatic rings. The molecule has 0 aromatic heterocycles. The van der Waals surface area contributed by atoms with Gasteiger partial charge in [-0.05, 0) is 56.6 Å². The summed E-state index contributed by atoms with van der Waals surface area (Å²) >= 11 is 5.42. The van der Waals surface area contributed by atoms with Crippen LogP contribution in [0.5, 0.6) is 5.75 Å². The number of rotatable bonds is 7. The van der Waals surface area contributed by atoms with Gasteiger partial charge in [0.05, 0.1) is 6.61 Å². The van der Waals surface area contributed by atoms with Gasteiger partial charge in [-0.3, -0.25) is 0 Å². The smallest absolute Gasteiger partial charge is 0.119 e. The lowest BCUT2D eigenvalue weighted by atomic mass is 10.2. The molecular formula is C16H24N2OS. The summed E-state index contributed by atoms with van der Waals surface area (Å²) < 4.78 is 5.57. The molecule has 0 spiro atoms. The van der Waals surface area contributed by atoms with Crippen LogP contribution in [0.15, 0.2) is 24.3 Å². The topological polar surface area (TPSA) is 24.5 Å². The largest absolute Gasteiger partial charge is 0.494 e. The highest BCUT2D eigenvalue weighted by Crippen LogP contribution is 2.13. The highest BCUT2D eigenvalue weighted by molar-refractivity contribution is 7.80. The van der Waals surface area contributed by atoms with Crippen LogP contribution in [0.1, 0.15) is 31.7 Å². The van der Waals surface area contributed by atoms with E-state index in [4.69, 9.17) is 17.0 Å². The number of ether oxygens (including phenoxy) is 1. The van der Waals surface area contributed by atoms with Crippen LogP contribution in [0, 0.1) is 0 Å². The average Bonchev–Trinajstić information content (AvgIpc) is 2.99. The van der Waals surface area contributed by atoms with Crippen molar-refractivity contribution in [3.05, 3.63) is 29.8 Å². The first-order valence-corrected chi connectivity index (χ1v) is 7.94. The third kappa shape index (κ3) is 4.76. The quantitative estimate of drug-likeness (QED) is 0.781. The molecule has 0 amide bonds. The first kappa shape index (κ1) is 15.3. The van der Waals surface area contributed by atoms with Crippen molar-refractivity contribution >= 4 is 17.2 Å². The predicted octanol–water partition coefficient (Wildman–Crippen LogP) is 2.84. The Morgan fingerprint density at radius 3 is 2.60 bits per heavy atom. The highest BCUT2D eigenvalue weighted by Gasteiger charge is 2.10. The Morgan fingerprint density at radius 2 is 1.95 bits per heavy atom. The molecule has 1 aliphatic rings. The maximum absolute atomic E-state index is 5.57. The van der Waals surface area contributed by atoms with Crippen molar-refractivity contribution in [1.29, 1.82) is 0 Å². The van der Waals surface area contributed by atoms with Gasteiger partial charge in [0, 0.05) is 18.7 Å². The Bertz CT molecular complexity index is 413. The molecule has 0 atom stereocenters. The van der Waals surface area contributed by atoms with Gasteiger partial charge in [-0.15, -0.1) is 0 Å². The molecule has 1 aromatic carbocycles. The zero-order chi connectivity index (χ0) is 14.2. The summed E-state index contributed by atoms with van der Waals surface area (Å²) in [6.07, 6.45) is 3.70. The highest BCUT2D eigenvalue weighted by atomic mass is 32.1. The Hall–Kier alpha value is -1.13. The van der Waals surface area contributed by atoms with Crippen LogP contribution in [0.2, 0.25) is 0 Å². The zero-order valence-electron chi connectivity index (χ0n) is 12.2. The van der Waals surface area contributed by atoms with Gasteiger partial charge in [-0.25, -0.2) is 0 Å². The number of hydrogen-bond acceptors (Lipinski definition) is 3. The second kappa shape index (κ2) is 8.22. The van der Waals surface area contributed by atoms with Gasteiger partial charge in [0.25, 0.3) is 0 Å². The number of benzene rings is 1. The van der Waals surface area contributed by atoms with E-state index in [1.165, 1.54) is 25.9 Å². The molecule has 1 saturated heterocycles. The lowest BCUT2D eigenvalue weighted by Gasteiger charge is -2.15. The maximum atomic E-state index is 5.57. The lowest BCUT2D eigenvalue weighted by Crippen LogP contribution is -2.32. The number of likely N-dealkylation sites (tertiary alicyclic amines) is 1. The fourth-order valence-electron chi connectivity index (χ4n) is 2.36. The molecule has 3 nitrogen and oxygen atoms in total. The van der Waals surface area contributed by atoms with Crippen molar-refractivity contribution in [1.82, 2.24) is 10.2 Å². The second-order valence-electron chi connectivity index (χ2n) is 5.18. The molecule has 20 heavy (non-hydrogen) atoms. The summed E-state index contributed by atoms with van der Waals surface area (Å²) in [5.74, 6) is 0.912. The fraction of sp³-hybridized carbons (Fsp3) is 0.562. The molecule has 110 valence electrons. The molecule has 2 rings (SSSR count). The van der Waals surface area contributed by atoms with Gasteiger partial charge in [0.2, 0.25) is 0 Å². The minimum Gasteiger partial charge on any atom is -0.494 e. The summed E-state index contributed by atoms with van der Waals surface area (Å²) in [6.45, 7) is 7.34. The van der Waals surface area contributed by atoms with Crippen LogP contribution in [0.4, 0.5) is 0 Å². The summed E-state index contributed by atoms with van der Waals surface area (Å²) in [5, 5.41) is 3.34. The standard InChI is InChI=1S/C16H24N2OS/c1-2-13-19-15-7-5-14(6-8-15)16(20)17-9-12-18-10-3-4-11-18/h5-8H,2-4,9-13H2,1H3,(H,17,20). The molecule has 0 unspecified atom stereocenters. The van der Waals surface area contributed by atoms with Crippen LogP contribution in [-0.4, -0.2) is 42.7 Å². The molecule has 4 heteroatoms. The minimum absolute atomic E-state index is 0.762. The Labute approximate surface area is 127 Å². The third-order valence-corrected chi connectivity index (χ3v) is 3.88. The Balaban J connectivity index is 1.73. The zero-order valence-corrected chi connectivity index (χ0v) is 13.0. The SMILES string of the molecule is CCCOc1ccc(C(=S)NCCN2CCCC2)cc1. The number of thiocarbonyl (C=S) groups is 1. The molecule has 1 fully saturated rings. The van der Waals surface area contributed by atoms with Gasteiger partial charge in [0.15, 0.2) is 0 Å². The number of nitrogens with zero attached hydrogens (tertiary/aromatic N) is 1. The Morgan fingerprint density at radius 1 is 1.25 bits per heavy atom. The second-order valence-corrected chi connectivity index (χ2v) is 5.59. The van der Waals surface area contributed by atoms with Crippen molar-refractivity contribution in [3.8, 4) is 5.75 Å². The molecule has 0 radical (unpaired) electrons. The molecule has 1 aliphatic heterocycles. The van der Waals surface area contributed by atoms with Crippen molar-refractivity contribution < 1.29 is 4.74 Å². The minimum atomic E-state index is 0.762. The molecule has 1 N–H and O–H groups in total. The summed E-state index contributed by atoms with van der Waals surface area (Å²) in [6, 6.07) is 8.02. The summed E-state index contributed by atoms with van der Waals surface area (Å²) in [5.41, 5.74) is 1.06. The molecule has 1 heterocycles. The maximum Gasteiger partial charge on any atom is 0.119 e. The van der Waals surface area contributed by atoms with Crippen molar-refractivity contribution in [3.63, 3.8) is 0 Å². The van der Waals surface area contributed by atoms with E-state index in [1.54, 1.807) is 0 Å². The first-order valence-electron chi connectivity index (χ1n) is 7.53. The van der Waals surface area contributed by atoms with Gasteiger partial charge >= 0.3 is 0 Å². The van der Waals surface area contributed by atoms with Crippen LogP contribution in [-0.2, 0) is 0 Å². The molecule has 0 aliphatic carbocycles. The van der Waals surface area contributed by atoms with Crippen molar-refractivity contribution in [2.24, 2.45) is 0 Å². The van der Waals surface area contributed by atoms with E-state index in [2.05, 4.69) is 17.1 Å². The molecule has 0 bridgehead atoms. The fourth-order valence-corrected chi connectivity index (χ4v) is 2.60. The first-order chi connectivity index (χ1) is 9.79. The summed E-state index contributed by atoms with van der Waals surface area (Å²) in [4.78, 5) is 3.31. The van der Waals surface area contributed by atoms with E-state index >= 15 is 0 Å². The van der Waals surface area contributed by atoms with E-state index in [0.717, 1.165) is 42.4 Å². The number of nitrogens with one attached hydrogen (secondary N) is 1.